The largest absolute Gasteiger partial charge is 0.462 e. The first kappa shape index (κ1) is 14.7. The summed E-state index contributed by atoms with van der Waals surface area (Å²) in [5, 5.41) is 6.61. The topological polar surface area (TPSA) is 73.2 Å². The van der Waals surface area contributed by atoms with Gasteiger partial charge in [0.15, 0.2) is 0 Å². The zero-order valence-corrected chi connectivity index (χ0v) is 12.2. The maximum absolute atomic E-state index is 11.8. The van der Waals surface area contributed by atoms with Gasteiger partial charge in [0.2, 0.25) is 5.91 Å². The third-order valence-corrected chi connectivity index (χ3v) is 3.38. The number of halogens is 1. The van der Waals surface area contributed by atoms with Gasteiger partial charge in [0.05, 0.1) is 17.6 Å². The lowest BCUT2D eigenvalue weighted by Gasteiger charge is -2.10. The summed E-state index contributed by atoms with van der Waals surface area (Å²) < 4.78 is 6.33. The molecule has 1 N–H and O–H groups in total. The van der Waals surface area contributed by atoms with Crippen molar-refractivity contribution in [1.29, 1.82) is 0 Å². The Hall–Kier alpha value is -1.37. The number of alkyl halides is 1. The molecular weight excluding hydrogens is 302 g/mol. The SMILES string of the molecule is CCOC(=O)c1cnn(C)c1NC(=O)[C@@H](Br)CC. The second kappa shape index (κ2) is 6.53. The van der Waals surface area contributed by atoms with Crippen molar-refractivity contribution in [2.45, 2.75) is 25.1 Å². The molecule has 0 aliphatic carbocycles. The zero-order chi connectivity index (χ0) is 13.7. The summed E-state index contributed by atoms with van der Waals surface area (Å²) in [5.41, 5.74) is 0.253. The van der Waals surface area contributed by atoms with Gasteiger partial charge in [-0.3, -0.25) is 9.48 Å². The van der Waals surface area contributed by atoms with E-state index in [9.17, 15) is 9.59 Å². The van der Waals surface area contributed by atoms with E-state index in [4.69, 9.17) is 4.74 Å². The van der Waals surface area contributed by atoms with Crippen LogP contribution < -0.4 is 5.32 Å². The summed E-state index contributed by atoms with van der Waals surface area (Å²) >= 11 is 3.25. The molecule has 1 rings (SSSR count). The van der Waals surface area contributed by atoms with Crippen LogP contribution in [-0.4, -0.2) is 33.1 Å². The lowest BCUT2D eigenvalue weighted by molar-refractivity contribution is -0.115. The smallest absolute Gasteiger partial charge is 0.343 e. The van der Waals surface area contributed by atoms with Gasteiger partial charge in [-0.1, -0.05) is 22.9 Å². The van der Waals surface area contributed by atoms with Gasteiger partial charge < -0.3 is 10.1 Å². The number of aryl methyl sites for hydroxylation is 1. The number of hydrogen-bond donors (Lipinski definition) is 1. The molecule has 18 heavy (non-hydrogen) atoms. The van der Waals surface area contributed by atoms with Crippen LogP contribution in [0.2, 0.25) is 0 Å². The third-order valence-electron chi connectivity index (χ3n) is 2.32. The Morgan fingerprint density at radius 3 is 2.78 bits per heavy atom. The standard InChI is InChI=1S/C11H16BrN3O3/c1-4-8(12)10(16)14-9-7(6-13-15(9)3)11(17)18-5-2/h6,8H,4-5H2,1-3H3,(H,14,16)/t8-/m0/s1. The van der Waals surface area contributed by atoms with Crippen LogP contribution in [0.15, 0.2) is 6.20 Å². The first-order chi connectivity index (χ1) is 8.51. The summed E-state index contributed by atoms with van der Waals surface area (Å²) in [5.74, 6) is -0.369. The van der Waals surface area contributed by atoms with Gasteiger partial charge in [0, 0.05) is 7.05 Å². The average Bonchev–Trinajstić information content (AvgIpc) is 2.70. The highest BCUT2D eigenvalue weighted by Crippen LogP contribution is 2.17. The van der Waals surface area contributed by atoms with Crippen molar-refractivity contribution in [3.05, 3.63) is 11.8 Å². The molecule has 0 spiro atoms. The van der Waals surface area contributed by atoms with Crippen molar-refractivity contribution < 1.29 is 14.3 Å². The Morgan fingerprint density at radius 1 is 1.56 bits per heavy atom. The molecule has 1 heterocycles. The molecule has 0 unspecified atom stereocenters. The van der Waals surface area contributed by atoms with Crippen molar-refractivity contribution >= 4 is 33.6 Å². The number of ether oxygens (including phenoxy) is 1. The van der Waals surface area contributed by atoms with E-state index in [-0.39, 0.29) is 22.9 Å². The van der Waals surface area contributed by atoms with Crippen LogP contribution in [0.1, 0.15) is 30.6 Å². The molecule has 7 heteroatoms. The van der Waals surface area contributed by atoms with Crippen LogP contribution in [0.5, 0.6) is 0 Å². The molecule has 1 atom stereocenters. The van der Waals surface area contributed by atoms with Crippen LogP contribution >= 0.6 is 15.9 Å². The first-order valence-corrected chi connectivity index (χ1v) is 6.56. The Balaban J connectivity index is 2.91. The number of aromatic nitrogens is 2. The van der Waals surface area contributed by atoms with Crippen molar-refractivity contribution in [1.82, 2.24) is 9.78 Å². The molecule has 100 valence electrons. The monoisotopic (exact) mass is 317 g/mol. The second-order valence-electron chi connectivity index (χ2n) is 3.62. The fraction of sp³-hybridized carbons (Fsp3) is 0.545. The molecule has 0 bridgehead atoms. The van der Waals surface area contributed by atoms with E-state index in [1.54, 1.807) is 14.0 Å². The summed E-state index contributed by atoms with van der Waals surface area (Å²) in [6.45, 7) is 3.88. The molecule has 0 saturated heterocycles. The zero-order valence-electron chi connectivity index (χ0n) is 10.6. The lowest BCUT2D eigenvalue weighted by atomic mass is 10.3. The fourth-order valence-electron chi connectivity index (χ4n) is 1.32. The van der Waals surface area contributed by atoms with E-state index in [1.165, 1.54) is 10.9 Å². The van der Waals surface area contributed by atoms with E-state index in [0.717, 1.165) is 0 Å². The van der Waals surface area contributed by atoms with E-state index in [2.05, 4.69) is 26.3 Å². The Morgan fingerprint density at radius 2 is 2.22 bits per heavy atom. The molecule has 1 aromatic rings. The van der Waals surface area contributed by atoms with Crippen molar-refractivity contribution in [3.63, 3.8) is 0 Å². The average molecular weight is 318 g/mol. The molecule has 0 aliphatic heterocycles. The Bertz CT molecular complexity index is 445. The molecule has 0 saturated carbocycles. The van der Waals surface area contributed by atoms with Crippen LogP contribution in [0, 0.1) is 0 Å². The highest BCUT2D eigenvalue weighted by Gasteiger charge is 2.21. The predicted molar refractivity (Wildman–Crippen MR) is 70.8 cm³/mol. The molecule has 0 fully saturated rings. The number of hydrogen-bond acceptors (Lipinski definition) is 4. The van der Waals surface area contributed by atoms with E-state index in [1.807, 2.05) is 6.92 Å². The molecule has 0 aromatic carbocycles. The lowest BCUT2D eigenvalue weighted by Crippen LogP contribution is -2.24. The number of anilines is 1. The van der Waals surface area contributed by atoms with Gasteiger partial charge in [-0.05, 0) is 13.3 Å². The van der Waals surface area contributed by atoms with Crippen molar-refractivity contribution in [2.75, 3.05) is 11.9 Å². The molecular formula is C11H16BrN3O3. The third kappa shape index (κ3) is 3.32. The molecule has 0 aliphatic rings. The highest BCUT2D eigenvalue weighted by molar-refractivity contribution is 9.10. The quantitative estimate of drug-likeness (QED) is 0.662. The van der Waals surface area contributed by atoms with Crippen LogP contribution in [0.25, 0.3) is 0 Å². The molecule has 0 radical (unpaired) electrons. The Kier molecular flexibility index (Phi) is 5.33. The van der Waals surface area contributed by atoms with E-state index < -0.39 is 5.97 Å². The van der Waals surface area contributed by atoms with Crippen molar-refractivity contribution in [2.24, 2.45) is 7.05 Å². The van der Waals surface area contributed by atoms with Gasteiger partial charge in [-0.25, -0.2) is 4.79 Å². The maximum Gasteiger partial charge on any atom is 0.343 e. The van der Waals surface area contributed by atoms with Crippen LogP contribution in [0.3, 0.4) is 0 Å². The number of esters is 1. The molecule has 1 aromatic heterocycles. The summed E-state index contributed by atoms with van der Waals surface area (Å²) in [7, 11) is 1.65. The number of rotatable bonds is 5. The van der Waals surface area contributed by atoms with Gasteiger partial charge in [-0.2, -0.15) is 5.10 Å². The van der Waals surface area contributed by atoms with E-state index >= 15 is 0 Å². The van der Waals surface area contributed by atoms with Crippen molar-refractivity contribution in [3.8, 4) is 0 Å². The predicted octanol–water partition coefficient (Wildman–Crippen LogP) is 1.71. The van der Waals surface area contributed by atoms with Gasteiger partial charge in [-0.15, -0.1) is 0 Å². The normalized spacial score (nSPS) is 12.0. The number of amides is 1. The number of carbonyl (C=O) groups excluding carboxylic acids is 2. The minimum atomic E-state index is -0.497. The van der Waals surface area contributed by atoms with E-state index in [0.29, 0.717) is 12.2 Å². The maximum atomic E-state index is 11.8. The molecule has 6 nitrogen and oxygen atoms in total. The van der Waals surface area contributed by atoms with Crippen LogP contribution in [0.4, 0.5) is 5.82 Å². The minimum Gasteiger partial charge on any atom is -0.462 e. The summed E-state index contributed by atoms with van der Waals surface area (Å²) in [6, 6.07) is 0. The molecule has 1 amide bonds. The van der Waals surface area contributed by atoms with Gasteiger partial charge in [0.1, 0.15) is 11.4 Å². The summed E-state index contributed by atoms with van der Waals surface area (Å²) in [6.07, 6.45) is 2.03. The number of nitrogens with one attached hydrogen (secondary N) is 1. The van der Waals surface area contributed by atoms with Gasteiger partial charge >= 0.3 is 5.97 Å². The number of carbonyl (C=O) groups is 2. The fourth-order valence-corrected chi connectivity index (χ4v) is 1.44. The summed E-state index contributed by atoms with van der Waals surface area (Å²) in [4.78, 5) is 23.1. The first-order valence-electron chi connectivity index (χ1n) is 5.65. The minimum absolute atomic E-state index is 0.216. The van der Waals surface area contributed by atoms with Gasteiger partial charge in [0.25, 0.3) is 0 Å². The number of nitrogens with zero attached hydrogens (tertiary/aromatic N) is 2. The second-order valence-corrected chi connectivity index (χ2v) is 4.72. The Labute approximate surface area is 114 Å². The highest BCUT2D eigenvalue weighted by atomic mass is 79.9. The van der Waals surface area contributed by atoms with Crippen LogP contribution in [-0.2, 0) is 16.6 Å².